The SMILES string of the molecule is O=C(CCC1CCN(S(=O)(=O)c2ccccc2F)CC1)NCc1ccccn1. The number of carbonyl (C=O) groups is 1. The van der Waals surface area contributed by atoms with Crippen molar-refractivity contribution in [1.82, 2.24) is 14.6 Å². The van der Waals surface area contributed by atoms with Gasteiger partial charge in [0.05, 0.1) is 12.2 Å². The normalized spacial score (nSPS) is 16.0. The molecule has 1 saturated heterocycles. The number of pyridine rings is 1. The Morgan fingerprint density at radius 2 is 1.86 bits per heavy atom. The van der Waals surface area contributed by atoms with Crippen LogP contribution in [0.25, 0.3) is 0 Å². The minimum absolute atomic E-state index is 0.0351. The molecule has 1 N–H and O–H groups in total. The molecule has 2 aromatic rings. The Labute approximate surface area is 164 Å². The number of hydrogen-bond donors (Lipinski definition) is 1. The van der Waals surface area contributed by atoms with Crippen LogP contribution in [0, 0.1) is 11.7 Å². The van der Waals surface area contributed by atoms with Gasteiger partial charge in [-0.25, -0.2) is 12.8 Å². The van der Waals surface area contributed by atoms with Gasteiger partial charge < -0.3 is 5.32 Å². The third-order valence-corrected chi connectivity index (χ3v) is 6.93. The van der Waals surface area contributed by atoms with Gasteiger partial charge in [0, 0.05) is 25.7 Å². The Balaban J connectivity index is 1.44. The summed E-state index contributed by atoms with van der Waals surface area (Å²) in [5, 5.41) is 2.85. The van der Waals surface area contributed by atoms with Gasteiger partial charge in [-0.15, -0.1) is 0 Å². The van der Waals surface area contributed by atoms with E-state index in [-0.39, 0.29) is 16.7 Å². The van der Waals surface area contributed by atoms with E-state index in [2.05, 4.69) is 10.3 Å². The molecule has 2 heterocycles. The molecule has 0 unspecified atom stereocenters. The molecule has 6 nitrogen and oxygen atoms in total. The second-order valence-corrected chi connectivity index (χ2v) is 8.82. The van der Waals surface area contributed by atoms with Crippen molar-refractivity contribution in [3.05, 3.63) is 60.2 Å². The maximum absolute atomic E-state index is 13.9. The number of nitrogens with zero attached hydrogens (tertiary/aromatic N) is 2. The molecule has 0 aliphatic carbocycles. The summed E-state index contributed by atoms with van der Waals surface area (Å²) in [6.45, 7) is 1.09. The fourth-order valence-electron chi connectivity index (χ4n) is 3.35. The summed E-state index contributed by atoms with van der Waals surface area (Å²) in [4.78, 5) is 15.9. The summed E-state index contributed by atoms with van der Waals surface area (Å²) in [6.07, 6.45) is 4.13. The Morgan fingerprint density at radius 1 is 1.14 bits per heavy atom. The van der Waals surface area contributed by atoms with Gasteiger partial charge in [-0.3, -0.25) is 9.78 Å². The molecule has 3 rings (SSSR count). The van der Waals surface area contributed by atoms with Crippen molar-refractivity contribution in [2.45, 2.75) is 37.1 Å². The molecule has 0 spiro atoms. The second-order valence-electron chi connectivity index (χ2n) is 6.91. The van der Waals surface area contributed by atoms with Crippen molar-refractivity contribution in [3.63, 3.8) is 0 Å². The first-order valence-corrected chi connectivity index (χ1v) is 10.8. The van der Waals surface area contributed by atoms with Gasteiger partial charge in [-0.2, -0.15) is 4.31 Å². The molecule has 1 fully saturated rings. The van der Waals surface area contributed by atoms with E-state index in [0.717, 1.165) is 11.8 Å². The number of benzene rings is 1. The molecular formula is C20H24FN3O3S. The lowest BCUT2D eigenvalue weighted by Crippen LogP contribution is -2.39. The van der Waals surface area contributed by atoms with Crippen LogP contribution in [-0.2, 0) is 21.4 Å². The highest BCUT2D eigenvalue weighted by Gasteiger charge is 2.31. The molecule has 1 aliphatic rings. The predicted molar refractivity (Wildman–Crippen MR) is 103 cm³/mol. The maximum atomic E-state index is 13.9. The third kappa shape index (κ3) is 5.14. The fourth-order valence-corrected chi connectivity index (χ4v) is 4.88. The second kappa shape index (κ2) is 9.25. The molecule has 1 aliphatic heterocycles. The summed E-state index contributed by atoms with van der Waals surface area (Å²) in [7, 11) is -3.81. The van der Waals surface area contributed by atoms with Crippen molar-refractivity contribution < 1.29 is 17.6 Å². The van der Waals surface area contributed by atoms with Crippen molar-refractivity contribution in [1.29, 1.82) is 0 Å². The molecule has 1 aromatic heterocycles. The van der Waals surface area contributed by atoms with Crippen LogP contribution in [0.3, 0.4) is 0 Å². The zero-order chi connectivity index (χ0) is 20.0. The summed E-state index contributed by atoms with van der Waals surface area (Å²) in [5.74, 6) is -0.478. The number of amides is 1. The van der Waals surface area contributed by atoms with E-state index in [9.17, 15) is 17.6 Å². The molecule has 1 amide bonds. The highest BCUT2D eigenvalue weighted by atomic mass is 32.2. The number of aromatic nitrogens is 1. The van der Waals surface area contributed by atoms with Gasteiger partial charge in [0.2, 0.25) is 15.9 Å². The van der Waals surface area contributed by atoms with Gasteiger partial charge in [0.15, 0.2) is 0 Å². The summed E-state index contributed by atoms with van der Waals surface area (Å²) in [6, 6.07) is 11.0. The highest BCUT2D eigenvalue weighted by molar-refractivity contribution is 7.89. The van der Waals surface area contributed by atoms with E-state index in [1.54, 1.807) is 6.20 Å². The van der Waals surface area contributed by atoms with E-state index in [4.69, 9.17) is 0 Å². The lowest BCUT2D eigenvalue weighted by atomic mass is 9.93. The predicted octanol–water partition coefficient (Wildman–Crippen LogP) is 2.72. The van der Waals surface area contributed by atoms with Crippen LogP contribution in [0.5, 0.6) is 0 Å². The third-order valence-electron chi connectivity index (χ3n) is 5.00. The maximum Gasteiger partial charge on any atom is 0.245 e. The molecule has 1 aromatic carbocycles. The molecule has 150 valence electrons. The number of halogens is 1. The van der Waals surface area contributed by atoms with Crippen LogP contribution in [0.15, 0.2) is 53.6 Å². The molecule has 0 radical (unpaired) electrons. The largest absolute Gasteiger partial charge is 0.350 e. The van der Waals surface area contributed by atoms with E-state index in [0.29, 0.717) is 45.3 Å². The van der Waals surface area contributed by atoms with Crippen LogP contribution in [0.1, 0.15) is 31.4 Å². The molecule has 0 atom stereocenters. The van der Waals surface area contributed by atoms with Gasteiger partial charge in [0.25, 0.3) is 0 Å². The minimum atomic E-state index is -3.81. The highest BCUT2D eigenvalue weighted by Crippen LogP contribution is 2.27. The van der Waals surface area contributed by atoms with Crippen molar-refractivity contribution >= 4 is 15.9 Å². The fraction of sp³-hybridized carbons (Fsp3) is 0.400. The molecular weight excluding hydrogens is 381 g/mol. The van der Waals surface area contributed by atoms with Crippen LogP contribution >= 0.6 is 0 Å². The Hall–Kier alpha value is -2.32. The minimum Gasteiger partial charge on any atom is -0.350 e. The van der Waals surface area contributed by atoms with E-state index in [1.165, 1.54) is 22.5 Å². The number of sulfonamides is 1. The van der Waals surface area contributed by atoms with Crippen molar-refractivity contribution in [3.8, 4) is 0 Å². The van der Waals surface area contributed by atoms with E-state index in [1.807, 2.05) is 18.2 Å². The summed E-state index contributed by atoms with van der Waals surface area (Å²) >= 11 is 0. The van der Waals surface area contributed by atoms with Gasteiger partial charge in [0.1, 0.15) is 10.7 Å². The lowest BCUT2D eigenvalue weighted by molar-refractivity contribution is -0.121. The van der Waals surface area contributed by atoms with Gasteiger partial charge in [-0.05, 0) is 49.4 Å². The first-order valence-electron chi connectivity index (χ1n) is 9.38. The first-order chi connectivity index (χ1) is 13.5. The molecule has 0 bridgehead atoms. The van der Waals surface area contributed by atoms with Crippen LogP contribution in [0.2, 0.25) is 0 Å². The van der Waals surface area contributed by atoms with Gasteiger partial charge in [-0.1, -0.05) is 18.2 Å². The standard InChI is InChI=1S/C20H24FN3O3S/c21-18-6-1-2-7-19(18)28(26,27)24-13-10-16(11-14-24)8-9-20(25)23-15-17-5-3-4-12-22-17/h1-7,12,16H,8-11,13-15H2,(H,23,25). The quantitative estimate of drug-likeness (QED) is 0.768. The van der Waals surface area contributed by atoms with Crippen LogP contribution in [0.4, 0.5) is 4.39 Å². The Bertz CT molecular complexity index is 898. The van der Waals surface area contributed by atoms with Crippen molar-refractivity contribution in [2.75, 3.05) is 13.1 Å². The zero-order valence-electron chi connectivity index (χ0n) is 15.6. The topological polar surface area (TPSA) is 79.4 Å². The number of carbonyl (C=O) groups excluding carboxylic acids is 1. The number of hydrogen-bond acceptors (Lipinski definition) is 4. The number of piperidine rings is 1. The van der Waals surface area contributed by atoms with E-state index >= 15 is 0 Å². The zero-order valence-corrected chi connectivity index (χ0v) is 16.4. The van der Waals surface area contributed by atoms with E-state index < -0.39 is 15.8 Å². The van der Waals surface area contributed by atoms with Crippen LogP contribution < -0.4 is 5.32 Å². The first kappa shape index (κ1) is 20.4. The molecule has 28 heavy (non-hydrogen) atoms. The number of rotatable bonds is 7. The lowest BCUT2D eigenvalue weighted by Gasteiger charge is -2.31. The Morgan fingerprint density at radius 3 is 2.54 bits per heavy atom. The Kier molecular flexibility index (Phi) is 6.74. The monoisotopic (exact) mass is 405 g/mol. The van der Waals surface area contributed by atoms with Crippen molar-refractivity contribution in [2.24, 2.45) is 5.92 Å². The number of nitrogens with one attached hydrogen (secondary N) is 1. The molecule has 8 heteroatoms. The van der Waals surface area contributed by atoms with Crippen LogP contribution in [-0.4, -0.2) is 36.7 Å². The smallest absolute Gasteiger partial charge is 0.245 e. The molecule has 0 saturated carbocycles. The summed E-state index contributed by atoms with van der Waals surface area (Å²) in [5.41, 5.74) is 0.808. The van der Waals surface area contributed by atoms with Gasteiger partial charge >= 0.3 is 0 Å². The average Bonchev–Trinajstić information content (AvgIpc) is 2.72. The average molecular weight is 405 g/mol. The summed E-state index contributed by atoms with van der Waals surface area (Å²) < 4.78 is 40.4.